The molecule has 1 saturated heterocycles. The molecule has 2 aliphatic rings. The molecule has 2 aromatic rings. The zero-order valence-electron chi connectivity index (χ0n) is 16.0. The van der Waals surface area contributed by atoms with Gasteiger partial charge < -0.3 is 14.8 Å². The van der Waals surface area contributed by atoms with Crippen molar-refractivity contribution in [1.29, 1.82) is 0 Å². The lowest BCUT2D eigenvalue weighted by Crippen LogP contribution is -2.48. The van der Waals surface area contributed by atoms with Crippen LogP contribution in [0.1, 0.15) is 18.0 Å². The first kappa shape index (κ1) is 20.5. The predicted octanol–water partition coefficient (Wildman–Crippen LogP) is 2.83. The van der Waals surface area contributed by atoms with Gasteiger partial charge in [-0.15, -0.1) is 0 Å². The number of likely N-dealkylation sites (tertiary alicyclic amines) is 1. The summed E-state index contributed by atoms with van der Waals surface area (Å²) in [6, 6.07) is 11.3. The molecule has 1 amide bonds. The van der Waals surface area contributed by atoms with Gasteiger partial charge in [-0.25, -0.2) is 0 Å². The van der Waals surface area contributed by atoms with Crippen LogP contribution in [0.15, 0.2) is 47.3 Å². The lowest BCUT2D eigenvalue weighted by molar-refractivity contribution is -0.384. The van der Waals surface area contributed by atoms with E-state index < -0.39 is 4.92 Å². The molecule has 0 saturated carbocycles. The number of aromatic nitrogens is 1. The lowest BCUT2D eigenvalue weighted by Gasteiger charge is -2.43. The minimum Gasteiger partial charge on any atom is -0.356 e. The zero-order valence-corrected chi connectivity index (χ0v) is 17.7. The Labute approximate surface area is 182 Å². The van der Waals surface area contributed by atoms with E-state index in [1.54, 1.807) is 18.2 Å². The highest BCUT2D eigenvalue weighted by molar-refractivity contribution is 8.23. The lowest BCUT2D eigenvalue weighted by atomic mass is 9.83. The summed E-state index contributed by atoms with van der Waals surface area (Å²) in [5, 5.41) is 13.5. The number of nitro groups is 1. The van der Waals surface area contributed by atoms with Crippen molar-refractivity contribution in [3.63, 3.8) is 0 Å². The van der Waals surface area contributed by atoms with Gasteiger partial charge in [0.05, 0.1) is 10.7 Å². The van der Waals surface area contributed by atoms with Gasteiger partial charge in [0.15, 0.2) is 0 Å². The number of pyridine rings is 1. The van der Waals surface area contributed by atoms with Crippen LogP contribution in [0.25, 0.3) is 0 Å². The summed E-state index contributed by atoms with van der Waals surface area (Å²) in [7, 11) is 0. The number of rotatable bonds is 4. The van der Waals surface area contributed by atoms with E-state index in [0.29, 0.717) is 22.5 Å². The summed E-state index contributed by atoms with van der Waals surface area (Å²) in [5.74, 6) is 0.470. The largest absolute Gasteiger partial charge is 0.356 e. The van der Waals surface area contributed by atoms with E-state index in [4.69, 9.17) is 12.2 Å². The average Bonchev–Trinajstić information content (AvgIpc) is 2.73. The fraction of sp³-hybridized carbons (Fsp3) is 0.350. The van der Waals surface area contributed by atoms with Gasteiger partial charge >= 0.3 is 0 Å². The number of anilines is 1. The van der Waals surface area contributed by atoms with Crippen LogP contribution in [0.3, 0.4) is 0 Å². The van der Waals surface area contributed by atoms with Crippen molar-refractivity contribution in [2.24, 2.45) is 5.92 Å². The van der Waals surface area contributed by atoms with Crippen LogP contribution < -0.4 is 10.9 Å². The fourth-order valence-electron chi connectivity index (χ4n) is 4.16. The van der Waals surface area contributed by atoms with Gasteiger partial charge in [0.25, 0.3) is 11.2 Å². The van der Waals surface area contributed by atoms with Crippen LogP contribution in [0.4, 0.5) is 11.4 Å². The van der Waals surface area contributed by atoms with E-state index in [0.717, 1.165) is 25.2 Å². The maximum absolute atomic E-state index is 12.3. The normalized spacial score (nSPS) is 19.7. The third-order valence-corrected chi connectivity index (χ3v) is 6.93. The number of nitro benzene ring substituents is 1. The van der Waals surface area contributed by atoms with E-state index in [1.165, 1.54) is 30.0 Å². The number of nitrogens with one attached hydrogen (secondary N) is 1. The highest BCUT2D eigenvalue weighted by atomic mass is 32.2. The summed E-state index contributed by atoms with van der Waals surface area (Å²) < 4.78 is 2.53. The van der Waals surface area contributed by atoms with Crippen molar-refractivity contribution in [3.8, 4) is 0 Å². The van der Waals surface area contributed by atoms with Gasteiger partial charge in [-0.3, -0.25) is 19.7 Å². The third kappa shape index (κ3) is 4.39. The Hall–Kier alpha value is -2.72. The number of non-ortho nitro benzene ring substituents is 1. The quantitative estimate of drug-likeness (QED) is 0.440. The van der Waals surface area contributed by atoms with Crippen LogP contribution in [0.5, 0.6) is 0 Å². The first-order chi connectivity index (χ1) is 14.4. The molecule has 1 aromatic carbocycles. The average molecular weight is 445 g/mol. The zero-order chi connectivity index (χ0) is 21.3. The number of amides is 1. The second-order valence-corrected chi connectivity index (χ2v) is 9.12. The molecule has 1 N–H and O–H groups in total. The SMILES string of the molecule is O=C(CSC(=S)N1C[C@@H]2C[C@@H](C1)c1cccc(=O)n1C2)Nc1cccc([N+](=O)[O-])c1. The molecule has 0 aliphatic carbocycles. The number of thiocarbonyl (C=S) groups is 1. The number of carbonyl (C=O) groups is 1. The van der Waals surface area contributed by atoms with E-state index >= 15 is 0 Å². The molecule has 156 valence electrons. The molecule has 2 aliphatic heterocycles. The number of nitrogens with zero attached hydrogens (tertiary/aromatic N) is 3. The number of piperidine rings is 1. The number of carbonyl (C=O) groups excluding carboxylic acids is 1. The van der Waals surface area contributed by atoms with E-state index in [-0.39, 0.29) is 28.8 Å². The summed E-state index contributed by atoms with van der Waals surface area (Å²) >= 11 is 6.85. The second kappa shape index (κ2) is 8.57. The fourth-order valence-corrected chi connectivity index (χ4v) is 5.14. The van der Waals surface area contributed by atoms with Gasteiger partial charge in [-0.05, 0) is 24.5 Å². The topological polar surface area (TPSA) is 97.5 Å². The molecule has 1 aromatic heterocycles. The van der Waals surface area contributed by atoms with Crippen LogP contribution in [-0.4, -0.2) is 43.5 Å². The number of hydrogen-bond acceptors (Lipinski definition) is 6. The first-order valence-corrected chi connectivity index (χ1v) is 11.0. The third-order valence-electron chi connectivity index (χ3n) is 5.41. The molecule has 8 nitrogen and oxygen atoms in total. The van der Waals surface area contributed by atoms with Crippen molar-refractivity contribution in [2.45, 2.75) is 18.9 Å². The molecule has 4 rings (SSSR count). The minimum absolute atomic E-state index is 0.0467. The maximum atomic E-state index is 12.3. The molecular weight excluding hydrogens is 424 g/mol. The van der Waals surface area contributed by atoms with Crippen molar-refractivity contribution in [3.05, 3.63) is 68.6 Å². The summed E-state index contributed by atoms with van der Waals surface area (Å²) in [4.78, 5) is 36.9. The molecule has 1 fully saturated rings. The Balaban J connectivity index is 1.34. The Bertz CT molecular complexity index is 1070. The van der Waals surface area contributed by atoms with E-state index in [1.807, 2.05) is 10.6 Å². The minimum atomic E-state index is -0.501. The molecule has 2 bridgehead atoms. The van der Waals surface area contributed by atoms with Crippen molar-refractivity contribution in [2.75, 3.05) is 24.2 Å². The van der Waals surface area contributed by atoms with E-state index in [2.05, 4.69) is 10.2 Å². The first-order valence-electron chi connectivity index (χ1n) is 9.56. The molecule has 3 heterocycles. The van der Waals surface area contributed by atoms with Crippen molar-refractivity contribution < 1.29 is 9.72 Å². The second-order valence-electron chi connectivity index (χ2n) is 7.51. The molecule has 0 spiro atoms. The molecule has 0 radical (unpaired) electrons. The number of thioether (sulfide) groups is 1. The molecule has 10 heteroatoms. The van der Waals surface area contributed by atoms with Gasteiger partial charge in [-0.2, -0.15) is 0 Å². The van der Waals surface area contributed by atoms with Gasteiger partial charge in [0.2, 0.25) is 5.91 Å². The van der Waals surface area contributed by atoms with Crippen LogP contribution in [0.2, 0.25) is 0 Å². The number of hydrogen-bond donors (Lipinski definition) is 1. The monoisotopic (exact) mass is 444 g/mol. The molecule has 2 atom stereocenters. The van der Waals surface area contributed by atoms with E-state index in [9.17, 15) is 19.7 Å². The Kier molecular flexibility index (Phi) is 5.87. The highest BCUT2D eigenvalue weighted by Gasteiger charge is 2.35. The Morgan fingerprint density at radius 3 is 2.83 bits per heavy atom. The summed E-state index contributed by atoms with van der Waals surface area (Å²) in [6.45, 7) is 2.20. The number of benzene rings is 1. The Morgan fingerprint density at radius 2 is 2.03 bits per heavy atom. The van der Waals surface area contributed by atoms with Gasteiger partial charge in [0, 0.05) is 55.1 Å². The van der Waals surface area contributed by atoms with Crippen LogP contribution in [0, 0.1) is 16.0 Å². The Morgan fingerprint density at radius 1 is 1.23 bits per heavy atom. The van der Waals surface area contributed by atoms with Crippen molar-refractivity contribution >= 4 is 45.6 Å². The van der Waals surface area contributed by atoms with Crippen LogP contribution >= 0.6 is 24.0 Å². The molecule has 0 unspecified atom stereocenters. The molecular formula is C20H20N4O4S2. The maximum Gasteiger partial charge on any atom is 0.271 e. The molecule has 30 heavy (non-hydrogen) atoms. The smallest absolute Gasteiger partial charge is 0.271 e. The standard InChI is InChI=1S/C20H20N4O4S2/c25-18(21-15-3-1-4-16(8-15)24(27)28)12-30-20(29)22-9-13-7-14(11-22)17-5-2-6-19(26)23(17)10-13/h1-6,8,13-14H,7,9-12H2,(H,21,25)/t13-,14-/m0/s1. The van der Waals surface area contributed by atoms with Crippen LogP contribution in [-0.2, 0) is 11.3 Å². The summed E-state index contributed by atoms with van der Waals surface area (Å²) in [6.07, 6.45) is 1.04. The predicted molar refractivity (Wildman–Crippen MR) is 120 cm³/mol. The summed E-state index contributed by atoms with van der Waals surface area (Å²) in [5.41, 5.74) is 1.41. The van der Waals surface area contributed by atoms with Crippen molar-refractivity contribution in [1.82, 2.24) is 9.47 Å². The highest BCUT2D eigenvalue weighted by Crippen LogP contribution is 2.36. The number of fused-ring (bicyclic) bond motifs is 4. The van der Waals surface area contributed by atoms with Gasteiger partial charge in [0.1, 0.15) is 4.32 Å². The van der Waals surface area contributed by atoms with Gasteiger partial charge in [-0.1, -0.05) is 36.1 Å².